The summed E-state index contributed by atoms with van der Waals surface area (Å²) in [5.41, 5.74) is 18.3. The number of hydrogen-bond donors (Lipinski definition) is 4. The monoisotopic (exact) mass is 360 g/mol. The molecule has 6 N–H and O–H groups in total. The lowest BCUT2D eigenvalue weighted by molar-refractivity contribution is 0.102. The molecule has 0 bridgehead atoms. The van der Waals surface area contributed by atoms with E-state index in [4.69, 9.17) is 11.5 Å². The summed E-state index contributed by atoms with van der Waals surface area (Å²) in [4.78, 5) is 12.4. The maximum absolute atomic E-state index is 12.4. The Balaban J connectivity index is 1.64. The quantitative estimate of drug-likeness (QED) is 0.509. The lowest BCUT2D eigenvalue weighted by atomic mass is 10.1. The summed E-state index contributed by atoms with van der Waals surface area (Å²) in [6, 6.07) is 18.9. The van der Waals surface area contributed by atoms with Gasteiger partial charge in [0.15, 0.2) is 0 Å². The van der Waals surface area contributed by atoms with Crippen LogP contribution in [0.3, 0.4) is 0 Å². The zero-order chi connectivity index (χ0) is 19.4. The Morgan fingerprint density at radius 3 is 2.19 bits per heavy atom. The molecule has 1 amide bonds. The largest absolute Gasteiger partial charge is 0.397 e. The summed E-state index contributed by atoms with van der Waals surface area (Å²) in [6.07, 6.45) is 0. The van der Waals surface area contributed by atoms with E-state index in [2.05, 4.69) is 42.7 Å². The van der Waals surface area contributed by atoms with Crippen LogP contribution in [0.15, 0.2) is 60.7 Å². The van der Waals surface area contributed by atoms with Gasteiger partial charge in [0.05, 0.1) is 17.1 Å². The first kappa shape index (κ1) is 18.3. The molecular formula is C22H24N4O. The average molecular weight is 360 g/mol. The van der Waals surface area contributed by atoms with Crippen LogP contribution in [0, 0.1) is 13.8 Å². The Kier molecular flexibility index (Phi) is 5.31. The van der Waals surface area contributed by atoms with Gasteiger partial charge in [0.25, 0.3) is 5.91 Å². The number of nitrogen functional groups attached to an aromatic ring is 2. The average Bonchev–Trinajstić information content (AvgIpc) is 2.66. The Morgan fingerprint density at radius 1 is 0.889 bits per heavy atom. The van der Waals surface area contributed by atoms with Crippen molar-refractivity contribution < 1.29 is 4.79 Å². The van der Waals surface area contributed by atoms with Gasteiger partial charge in [-0.3, -0.25) is 4.79 Å². The number of benzene rings is 3. The molecular weight excluding hydrogens is 336 g/mol. The molecule has 0 atom stereocenters. The van der Waals surface area contributed by atoms with Gasteiger partial charge in [0.1, 0.15) is 0 Å². The molecule has 0 saturated carbocycles. The Morgan fingerprint density at radius 2 is 1.56 bits per heavy atom. The van der Waals surface area contributed by atoms with Crippen molar-refractivity contribution in [1.82, 2.24) is 0 Å². The van der Waals surface area contributed by atoms with Crippen molar-refractivity contribution in [2.45, 2.75) is 20.4 Å². The second-order valence-corrected chi connectivity index (χ2v) is 6.62. The molecule has 3 aromatic carbocycles. The molecule has 0 fully saturated rings. The van der Waals surface area contributed by atoms with E-state index in [1.807, 2.05) is 12.1 Å². The number of rotatable bonds is 5. The third kappa shape index (κ3) is 4.39. The van der Waals surface area contributed by atoms with Gasteiger partial charge in [-0.25, -0.2) is 0 Å². The summed E-state index contributed by atoms with van der Waals surface area (Å²) in [6.45, 7) is 4.88. The third-order valence-electron chi connectivity index (χ3n) is 4.59. The molecule has 27 heavy (non-hydrogen) atoms. The van der Waals surface area contributed by atoms with E-state index < -0.39 is 0 Å². The zero-order valence-corrected chi connectivity index (χ0v) is 15.5. The first-order valence-corrected chi connectivity index (χ1v) is 8.79. The Labute approximate surface area is 159 Å². The van der Waals surface area contributed by atoms with E-state index in [0.717, 1.165) is 11.3 Å². The molecule has 0 unspecified atom stereocenters. The van der Waals surface area contributed by atoms with Crippen LogP contribution in [0.4, 0.5) is 22.7 Å². The normalized spacial score (nSPS) is 10.4. The summed E-state index contributed by atoms with van der Waals surface area (Å²) in [5.74, 6) is -0.242. The minimum absolute atomic E-state index is 0.242. The maximum atomic E-state index is 12.4. The lowest BCUT2D eigenvalue weighted by Gasteiger charge is -2.12. The molecule has 5 nitrogen and oxygen atoms in total. The number of anilines is 4. The SMILES string of the molecule is Cc1ccc(NCc2ccc(C(=O)Nc3c(N)cccc3N)cc2)cc1C. The van der Waals surface area contributed by atoms with Gasteiger partial charge < -0.3 is 22.1 Å². The highest BCUT2D eigenvalue weighted by Crippen LogP contribution is 2.26. The number of para-hydroxylation sites is 1. The molecule has 0 aliphatic heterocycles. The number of hydrogen-bond acceptors (Lipinski definition) is 4. The van der Waals surface area contributed by atoms with Gasteiger partial charge in [-0.05, 0) is 66.9 Å². The predicted molar refractivity (Wildman–Crippen MR) is 113 cm³/mol. The van der Waals surface area contributed by atoms with Crippen LogP contribution in [0.2, 0.25) is 0 Å². The van der Waals surface area contributed by atoms with E-state index in [9.17, 15) is 4.79 Å². The highest BCUT2D eigenvalue weighted by Gasteiger charge is 2.10. The molecule has 0 aliphatic rings. The highest BCUT2D eigenvalue weighted by molar-refractivity contribution is 6.07. The molecule has 0 aromatic heterocycles. The van der Waals surface area contributed by atoms with Crippen LogP contribution in [-0.4, -0.2) is 5.91 Å². The first-order chi connectivity index (χ1) is 12.9. The van der Waals surface area contributed by atoms with Crippen molar-refractivity contribution >= 4 is 28.7 Å². The molecule has 0 heterocycles. The number of amides is 1. The minimum Gasteiger partial charge on any atom is -0.397 e. The van der Waals surface area contributed by atoms with Crippen LogP contribution >= 0.6 is 0 Å². The highest BCUT2D eigenvalue weighted by atomic mass is 16.1. The smallest absolute Gasteiger partial charge is 0.255 e. The fraction of sp³-hybridized carbons (Fsp3) is 0.136. The molecule has 0 spiro atoms. The summed E-state index contributed by atoms with van der Waals surface area (Å²) in [5, 5.41) is 6.18. The fourth-order valence-corrected chi connectivity index (χ4v) is 2.75. The molecule has 0 radical (unpaired) electrons. The molecule has 5 heteroatoms. The van der Waals surface area contributed by atoms with Gasteiger partial charge in [0, 0.05) is 17.8 Å². The topological polar surface area (TPSA) is 93.2 Å². The molecule has 138 valence electrons. The van der Waals surface area contributed by atoms with Gasteiger partial charge >= 0.3 is 0 Å². The van der Waals surface area contributed by atoms with Crippen molar-refractivity contribution in [2.24, 2.45) is 0 Å². The number of aryl methyl sites for hydroxylation is 2. The Hall–Kier alpha value is -3.47. The van der Waals surface area contributed by atoms with Gasteiger partial charge in [-0.2, -0.15) is 0 Å². The zero-order valence-electron chi connectivity index (χ0n) is 15.5. The first-order valence-electron chi connectivity index (χ1n) is 8.79. The van der Waals surface area contributed by atoms with E-state index in [1.54, 1.807) is 30.3 Å². The van der Waals surface area contributed by atoms with Crippen LogP contribution in [-0.2, 0) is 6.54 Å². The standard InChI is InChI=1S/C22H24N4O/c1-14-6-11-18(12-15(14)2)25-13-16-7-9-17(10-8-16)22(27)26-21-19(23)4-3-5-20(21)24/h3-12,25H,13,23-24H2,1-2H3,(H,26,27). The molecule has 3 rings (SSSR count). The Bertz CT molecular complexity index is 944. The summed E-state index contributed by atoms with van der Waals surface area (Å²) >= 11 is 0. The van der Waals surface area contributed by atoms with Crippen LogP contribution < -0.4 is 22.1 Å². The number of carbonyl (C=O) groups excluding carboxylic acids is 1. The third-order valence-corrected chi connectivity index (χ3v) is 4.59. The molecule has 0 saturated heterocycles. The van der Waals surface area contributed by atoms with Crippen molar-refractivity contribution in [2.75, 3.05) is 22.1 Å². The number of carbonyl (C=O) groups is 1. The lowest BCUT2D eigenvalue weighted by Crippen LogP contribution is -2.14. The van der Waals surface area contributed by atoms with E-state index in [-0.39, 0.29) is 5.91 Å². The van der Waals surface area contributed by atoms with Crippen molar-refractivity contribution in [3.8, 4) is 0 Å². The minimum atomic E-state index is -0.242. The molecule has 0 aliphatic carbocycles. The van der Waals surface area contributed by atoms with E-state index >= 15 is 0 Å². The summed E-state index contributed by atoms with van der Waals surface area (Å²) < 4.78 is 0. The van der Waals surface area contributed by atoms with Crippen molar-refractivity contribution in [1.29, 1.82) is 0 Å². The van der Waals surface area contributed by atoms with E-state index in [1.165, 1.54) is 11.1 Å². The van der Waals surface area contributed by atoms with Gasteiger partial charge in [-0.1, -0.05) is 24.3 Å². The second-order valence-electron chi connectivity index (χ2n) is 6.62. The number of nitrogens with one attached hydrogen (secondary N) is 2. The van der Waals surface area contributed by atoms with Crippen molar-refractivity contribution in [3.63, 3.8) is 0 Å². The maximum Gasteiger partial charge on any atom is 0.255 e. The number of nitrogens with two attached hydrogens (primary N) is 2. The second kappa shape index (κ2) is 7.83. The van der Waals surface area contributed by atoms with Gasteiger partial charge in [-0.15, -0.1) is 0 Å². The van der Waals surface area contributed by atoms with E-state index in [0.29, 0.717) is 29.2 Å². The van der Waals surface area contributed by atoms with Gasteiger partial charge in [0.2, 0.25) is 0 Å². The van der Waals surface area contributed by atoms with Crippen LogP contribution in [0.5, 0.6) is 0 Å². The molecule has 3 aromatic rings. The van der Waals surface area contributed by atoms with Crippen LogP contribution in [0.1, 0.15) is 27.0 Å². The van der Waals surface area contributed by atoms with Crippen LogP contribution in [0.25, 0.3) is 0 Å². The van der Waals surface area contributed by atoms with Crippen molar-refractivity contribution in [3.05, 3.63) is 82.9 Å². The predicted octanol–water partition coefficient (Wildman–Crippen LogP) is 4.33. The summed E-state index contributed by atoms with van der Waals surface area (Å²) in [7, 11) is 0. The fourth-order valence-electron chi connectivity index (χ4n) is 2.75.